The van der Waals surface area contributed by atoms with Crippen LogP contribution in [0.25, 0.3) is 0 Å². The summed E-state index contributed by atoms with van der Waals surface area (Å²) in [7, 11) is 5.26. The molecule has 1 fully saturated rings. The van der Waals surface area contributed by atoms with E-state index in [4.69, 9.17) is 9.47 Å². The Morgan fingerprint density at radius 1 is 1.14 bits per heavy atom. The number of likely N-dealkylation sites (tertiary alicyclic amines) is 1. The van der Waals surface area contributed by atoms with Crippen LogP contribution in [0.1, 0.15) is 43.7 Å². The normalized spacial score (nSPS) is 20.3. The van der Waals surface area contributed by atoms with E-state index in [-0.39, 0.29) is 0 Å². The first kappa shape index (κ1) is 21.8. The number of guanidine groups is 1. The largest absolute Gasteiger partial charge is 0.493 e. The molecule has 1 atom stereocenters. The van der Waals surface area contributed by atoms with Crippen LogP contribution in [0.3, 0.4) is 0 Å². The summed E-state index contributed by atoms with van der Waals surface area (Å²) < 4.78 is 10.9. The molecule has 2 aliphatic rings. The molecule has 0 aliphatic carbocycles. The van der Waals surface area contributed by atoms with Crippen LogP contribution in [0.4, 0.5) is 0 Å². The first-order chi connectivity index (χ1) is 14.1. The summed E-state index contributed by atoms with van der Waals surface area (Å²) in [5.74, 6) is 3.46. The molecular formula is C23H38N4O2. The number of methoxy groups -OCH3 is 2. The Morgan fingerprint density at radius 2 is 1.90 bits per heavy atom. The zero-order chi connectivity index (χ0) is 20.6. The SMILES string of the molecule is CN=C(NCCCCN1CCCC(C)C1)N1CCc2cc(OC)c(OC)cc2C1. The molecule has 1 N–H and O–H groups in total. The highest BCUT2D eigenvalue weighted by Gasteiger charge is 2.21. The third-order valence-electron chi connectivity index (χ3n) is 6.15. The van der Waals surface area contributed by atoms with Crippen molar-refractivity contribution in [2.45, 2.75) is 45.6 Å². The first-order valence-electron chi connectivity index (χ1n) is 11.1. The molecule has 1 unspecified atom stereocenters. The molecule has 2 heterocycles. The van der Waals surface area contributed by atoms with Crippen LogP contribution in [0.15, 0.2) is 17.1 Å². The molecule has 6 nitrogen and oxygen atoms in total. The van der Waals surface area contributed by atoms with Crippen molar-refractivity contribution in [1.82, 2.24) is 15.1 Å². The second kappa shape index (κ2) is 10.7. The summed E-state index contributed by atoms with van der Waals surface area (Å²) in [6, 6.07) is 4.22. The molecule has 0 aromatic heterocycles. The van der Waals surface area contributed by atoms with Crippen LogP contribution in [0, 0.1) is 5.92 Å². The van der Waals surface area contributed by atoms with Crippen molar-refractivity contribution in [3.63, 3.8) is 0 Å². The minimum absolute atomic E-state index is 0.795. The Hall–Kier alpha value is -1.95. The predicted molar refractivity (Wildman–Crippen MR) is 119 cm³/mol. The average Bonchev–Trinajstić information content (AvgIpc) is 2.75. The lowest BCUT2D eigenvalue weighted by atomic mass is 9.99. The summed E-state index contributed by atoms with van der Waals surface area (Å²) in [5, 5.41) is 3.57. The Balaban J connectivity index is 1.46. The lowest BCUT2D eigenvalue weighted by Gasteiger charge is -2.32. The van der Waals surface area contributed by atoms with E-state index in [2.05, 4.69) is 39.2 Å². The highest BCUT2D eigenvalue weighted by molar-refractivity contribution is 5.80. The number of nitrogens with one attached hydrogen (secondary N) is 1. The van der Waals surface area contributed by atoms with Gasteiger partial charge in [-0.2, -0.15) is 0 Å². The average molecular weight is 403 g/mol. The number of ether oxygens (including phenoxy) is 2. The molecule has 0 spiro atoms. The fraction of sp³-hybridized carbons (Fsp3) is 0.696. The van der Waals surface area contributed by atoms with Gasteiger partial charge in [-0.15, -0.1) is 0 Å². The molecule has 2 aliphatic heterocycles. The van der Waals surface area contributed by atoms with Gasteiger partial charge in [0.05, 0.1) is 14.2 Å². The summed E-state index contributed by atoms with van der Waals surface area (Å²) >= 11 is 0. The van der Waals surface area contributed by atoms with Crippen LogP contribution in [-0.4, -0.2) is 69.8 Å². The first-order valence-corrected chi connectivity index (χ1v) is 11.1. The highest BCUT2D eigenvalue weighted by Crippen LogP contribution is 2.33. The summed E-state index contributed by atoms with van der Waals surface area (Å²) in [6.07, 6.45) is 6.17. The van der Waals surface area contributed by atoms with Gasteiger partial charge in [0.1, 0.15) is 0 Å². The van der Waals surface area contributed by atoms with Crippen molar-refractivity contribution in [1.29, 1.82) is 0 Å². The second-order valence-corrected chi connectivity index (χ2v) is 8.38. The lowest BCUT2D eigenvalue weighted by Crippen LogP contribution is -2.44. The van der Waals surface area contributed by atoms with Crippen LogP contribution in [0.5, 0.6) is 11.5 Å². The van der Waals surface area contributed by atoms with Crippen molar-refractivity contribution in [3.8, 4) is 11.5 Å². The maximum atomic E-state index is 5.48. The molecular weight excluding hydrogens is 364 g/mol. The van der Waals surface area contributed by atoms with Gasteiger partial charge in [-0.05, 0) is 74.4 Å². The Kier molecular flexibility index (Phi) is 8.04. The predicted octanol–water partition coefficient (Wildman–Crippen LogP) is 3.15. The maximum absolute atomic E-state index is 5.48. The van der Waals surface area contributed by atoms with Crippen LogP contribution >= 0.6 is 0 Å². The van der Waals surface area contributed by atoms with Crippen molar-refractivity contribution in [2.24, 2.45) is 10.9 Å². The fourth-order valence-electron chi connectivity index (χ4n) is 4.55. The number of aliphatic imine (C=N–C) groups is 1. The molecule has 1 aromatic rings. The van der Waals surface area contributed by atoms with E-state index in [1.807, 2.05) is 7.05 Å². The fourth-order valence-corrected chi connectivity index (χ4v) is 4.55. The summed E-state index contributed by atoms with van der Waals surface area (Å²) in [5.41, 5.74) is 2.63. The van der Waals surface area contributed by atoms with Gasteiger partial charge < -0.3 is 24.6 Å². The molecule has 6 heteroatoms. The molecule has 1 saturated heterocycles. The third kappa shape index (κ3) is 5.78. The van der Waals surface area contributed by atoms with Crippen molar-refractivity contribution in [2.75, 3.05) is 54.0 Å². The van der Waals surface area contributed by atoms with Gasteiger partial charge in [0.2, 0.25) is 0 Å². The van der Waals surface area contributed by atoms with E-state index in [9.17, 15) is 0 Å². The number of piperidine rings is 1. The van der Waals surface area contributed by atoms with Crippen LogP contribution in [-0.2, 0) is 13.0 Å². The zero-order valence-electron chi connectivity index (χ0n) is 18.7. The number of hydrogen-bond donors (Lipinski definition) is 1. The number of rotatable bonds is 7. The molecule has 0 radical (unpaired) electrons. The van der Waals surface area contributed by atoms with E-state index < -0.39 is 0 Å². The molecule has 0 bridgehead atoms. The summed E-state index contributed by atoms with van der Waals surface area (Å²) in [4.78, 5) is 9.49. The number of nitrogens with zero attached hydrogens (tertiary/aromatic N) is 3. The summed E-state index contributed by atoms with van der Waals surface area (Å²) in [6.45, 7) is 8.95. The monoisotopic (exact) mass is 402 g/mol. The van der Waals surface area contributed by atoms with Crippen molar-refractivity contribution < 1.29 is 9.47 Å². The van der Waals surface area contributed by atoms with Crippen LogP contribution < -0.4 is 14.8 Å². The van der Waals surface area contributed by atoms with E-state index in [1.54, 1.807) is 14.2 Å². The zero-order valence-corrected chi connectivity index (χ0v) is 18.7. The Labute approximate surface area is 176 Å². The Bertz CT molecular complexity index is 692. The molecule has 0 saturated carbocycles. The van der Waals surface area contributed by atoms with Gasteiger partial charge in [0.15, 0.2) is 17.5 Å². The number of unbranched alkanes of at least 4 members (excludes halogenated alkanes) is 1. The number of hydrogen-bond acceptors (Lipinski definition) is 4. The van der Waals surface area contributed by atoms with E-state index in [1.165, 1.54) is 56.4 Å². The van der Waals surface area contributed by atoms with E-state index in [0.717, 1.165) is 49.4 Å². The quantitative estimate of drug-likeness (QED) is 0.431. The molecule has 1 aromatic carbocycles. The maximum Gasteiger partial charge on any atom is 0.193 e. The van der Waals surface area contributed by atoms with E-state index >= 15 is 0 Å². The van der Waals surface area contributed by atoms with Gasteiger partial charge >= 0.3 is 0 Å². The number of benzene rings is 1. The highest BCUT2D eigenvalue weighted by atomic mass is 16.5. The lowest BCUT2D eigenvalue weighted by molar-refractivity contribution is 0.181. The minimum atomic E-state index is 0.795. The van der Waals surface area contributed by atoms with Crippen molar-refractivity contribution >= 4 is 5.96 Å². The van der Waals surface area contributed by atoms with Crippen LogP contribution in [0.2, 0.25) is 0 Å². The van der Waals surface area contributed by atoms with Crippen molar-refractivity contribution in [3.05, 3.63) is 23.3 Å². The van der Waals surface area contributed by atoms with Gasteiger partial charge in [-0.3, -0.25) is 4.99 Å². The topological polar surface area (TPSA) is 49.3 Å². The smallest absolute Gasteiger partial charge is 0.193 e. The van der Waals surface area contributed by atoms with Gasteiger partial charge in [0, 0.05) is 33.2 Å². The third-order valence-corrected chi connectivity index (χ3v) is 6.15. The second-order valence-electron chi connectivity index (χ2n) is 8.38. The van der Waals surface area contributed by atoms with Gasteiger partial charge in [-0.25, -0.2) is 0 Å². The Morgan fingerprint density at radius 3 is 2.59 bits per heavy atom. The number of fused-ring (bicyclic) bond motifs is 1. The molecule has 3 rings (SSSR count). The molecule has 0 amide bonds. The molecule has 29 heavy (non-hydrogen) atoms. The van der Waals surface area contributed by atoms with Gasteiger partial charge in [0.25, 0.3) is 0 Å². The molecule has 162 valence electrons. The standard InChI is InChI=1S/C23H38N4O2/c1-18-8-7-12-26(16-18)11-6-5-10-25-23(24-2)27-13-9-19-14-21(28-3)22(29-4)15-20(19)17-27/h14-15,18H,5-13,16-17H2,1-4H3,(H,24,25). The minimum Gasteiger partial charge on any atom is -0.493 e. The van der Waals surface area contributed by atoms with Gasteiger partial charge in [-0.1, -0.05) is 6.92 Å². The van der Waals surface area contributed by atoms with E-state index in [0.29, 0.717) is 0 Å².